The van der Waals surface area contributed by atoms with Crippen LogP contribution in [-0.4, -0.2) is 44.3 Å². The lowest BCUT2D eigenvalue weighted by Crippen LogP contribution is -2.14. The van der Waals surface area contributed by atoms with Crippen LogP contribution in [0.1, 0.15) is 21.7 Å². The summed E-state index contributed by atoms with van der Waals surface area (Å²) in [6, 6.07) is 15.9. The van der Waals surface area contributed by atoms with Crippen molar-refractivity contribution in [2.45, 2.75) is 12.7 Å². The van der Waals surface area contributed by atoms with Gasteiger partial charge in [0.2, 0.25) is 5.95 Å². The first kappa shape index (κ1) is 22.6. The number of aromatic nitrogens is 4. The van der Waals surface area contributed by atoms with E-state index in [1.165, 1.54) is 6.07 Å². The molecule has 0 fully saturated rings. The van der Waals surface area contributed by atoms with Crippen LogP contribution in [0, 0.1) is 0 Å². The van der Waals surface area contributed by atoms with Gasteiger partial charge in [-0.1, -0.05) is 24.3 Å². The molecule has 7 nitrogen and oxygen atoms in total. The summed E-state index contributed by atoms with van der Waals surface area (Å²) in [6.07, 6.45) is -2.74. The van der Waals surface area contributed by atoms with Crippen LogP contribution in [0.4, 0.5) is 19.1 Å². The van der Waals surface area contributed by atoms with Crippen LogP contribution in [0.15, 0.2) is 66.9 Å². The van der Waals surface area contributed by atoms with Gasteiger partial charge in [-0.3, -0.25) is 10.1 Å². The van der Waals surface area contributed by atoms with Gasteiger partial charge in [0, 0.05) is 18.4 Å². The summed E-state index contributed by atoms with van der Waals surface area (Å²) in [7, 11) is 3.92. The number of carbonyl (C=O) groups excluding carboxylic acids is 1. The van der Waals surface area contributed by atoms with E-state index in [2.05, 4.69) is 20.3 Å². The van der Waals surface area contributed by atoms with Crippen LogP contribution >= 0.6 is 0 Å². The van der Waals surface area contributed by atoms with Gasteiger partial charge in [0.1, 0.15) is 11.3 Å². The zero-order valence-corrected chi connectivity index (χ0v) is 18.9. The van der Waals surface area contributed by atoms with Crippen molar-refractivity contribution >= 4 is 28.5 Å². The molecule has 3 heterocycles. The highest BCUT2D eigenvalue weighted by molar-refractivity contribution is 6.03. The van der Waals surface area contributed by atoms with Crippen molar-refractivity contribution < 1.29 is 18.0 Å². The maximum atomic E-state index is 13.1. The van der Waals surface area contributed by atoms with E-state index in [1.807, 2.05) is 41.6 Å². The molecule has 2 N–H and O–H groups in total. The van der Waals surface area contributed by atoms with E-state index in [0.29, 0.717) is 34.4 Å². The van der Waals surface area contributed by atoms with E-state index in [0.717, 1.165) is 17.8 Å². The summed E-state index contributed by atoms with van der Waals surface area (Å²) in [5.74, 6) is -0.210. The number of nitrogens with zero attached hydrogens (tertiary/aromatic N) is 4. The number of nitrogens with one attached hydrogen (secondary N) is 2. The molecule has 10 heteroatoms. The van der Waals surface area contributed by atoms with Gasteiger partial charge in [0.15, 0.2) is 0 Å². The number of amides is 1. The largest absolute Gasteiger partial charge is 0.416 e. The Morgan fingerprint density at radius 3 is 2.57 bits per heavy atom. The maximum Gasteiger partial charge on any atom is 0.416 e. The quantitative estimate of drug-likeness (QED) is 0.364. The van der Waals surface area contributed by atoms with Gasteiger partial charge in [0.25, 0.3) is 5.91 Å². The number of benzene rings is 2. The Balaban J connectivity index is 1.40. The van der Waals surface area contributed by atoms with Crippen LogP contribution in [0.3, 0.4) is 0 Å². The second-order valence-electron chi connectivity index (χ2n) is 8.46. The molecule has 3 aromatic heterocycles. The average molecular weight is 478 g/mol. The summed E-state index contributed by atoms with van der Waals surface area (Å²) in [5.41, 5.74) is 3.33. The van der Waals surface area contributed by atoms with Crippen molar-refractivity contribution in [2.75, 3.05) is 19.4 Å². The molecule has 178 valence electrons. The van der Waals surface area contributed by atoms with Gasteiger partial charge in [0.05, 0.1) is 16.6 Å². The first-order chi connectivity index (χ1) is 16.7. The van der Waals surface area contributed by atoms with E-state index in [-0.39, 0.29) is 11.6 Å². The topological polar surface area (TPSA) is 78.3 Å². The summed E-state index contributed by atoms with van der Waals surface area (Å²) in [6.45, 7) is 0.687. The Morgan fingerprint density at radius 2 is 1.80 bits per heavy atom. The maximum absolute atomic E-state index is 13.1. The zero-order chi connectivity index (χ0) is 24.7. The summed E-state index contributed by atoms with van der Waals surface area (Å²) in [5, 5.41) is 2.72. The standard InChI is InChI=1S/C25H21F3N6O/c1-33(2)13-18-7-4-8-22-29-21(14-34(18)22)23(35)32-24-30-19-10-9-16(12-20(19)31-24)15-5-3-6-17(11-15)25(26,27)28/h3-12,14H,13H2,1-2H3,(H2,30,31,32,35). The zero-order valence-electron chi connectivity index (χ0n) is 18.9. The third-order valence-electron chi connectivity index (χ3n) is 5.53. The van der Waals surface area contributed by atoms with Gasteiger partial charge < -0.3 is 14.3 Å². The minimum Gasteiger partial charge on any atom is -0.324 e. The fourth-order valence-electron chi connectivity index (χ4n) is 3.92. The molecule has 35 heavy (non-hydrogen) atoms. The number of aromatic amines is 1. The molecule has 0 saturated heterocycles. The molecule has 0 saturated carbocycles. The van der Waals surface area contributed by atoms with Crippen LogP contribution in [-0.2, 0) is 12.7 Å². The Morgan fingerprint density at radius 1 is 1.03 bits per heavy atom. The fourth-order valence-corrected chi connectivity index (χ4v) is 3.92. The number of pyridine rings is 1. The van der Waals surface area contributed by atoms with Crippen molar-refractivity contribution in [2.24, 2.45) is 0 Å². The third-order valence-corrected chi connectivity index (χ3v) is 5.53. The SMILES string of the molecule is CN(C)Cc1cccc2nc(C(=O)Nc3nc4cc(-c5cccc(C(F)(F)F)c5)ccc4[nH]3)cn12. The Kier molecular flexibility index (Phi) is 5.52. The highest BCUT2D eigenvalue weighted by atomic mass is 19.4. The van der Waals surface area contributed by atoms with Crippen molar-refractivity contribution in [1.29, 1.82) is 0 Å². The molecule has 2 aromatic carbocycles. The van der Waals surface area contributed by atoms with Crippen LogP contribution in [0.5, 0.6) is 0 Å². The highest BCUT2D eigenvalue weighted by Crippen LogP contribution is 2.33. The minimum absolute atomic E-state index is 0.219. The predicted octanol–water partition coefficient (Wildman–Crippen LogP) is 5.21. The normalized spacial score (nSPS) is 12.1. The van der Waals surface area contributed by atoms with Crippen LogP contribution in [0.2, 0.25) is 0 Å². The number of alkyl halides is 3. The van der Waals surface area contributed by atoms with Gasteiger partial charge in [-0.25, -0.2) is 9.97 Å². The van der Waals surface area contributed by atoms with E-state index < -0.39 is 17.6 Å². The molecule has 0 aliphatic rings. The van der Waals surface area contributed by atoms with Crippen LogP contribution in [0.25, 0.3) is 27.8 Å². The number of anilines is 1. The Bertz CT molecular complexity index is 1550. The van der Waals surface area contributed by atoms with Gasteiger partial charge in [-0.05, 0) is 61.6 Å². The first-order valence-electron chi connectivity index (χ1n) is 10.8. The molecule has 0 bridgehead atoms. The van der Waals surface area contributed by atoms with Crippen molar-refractivity contribution in [1.82, 2.24) is 24.3 Å². The molecule has 0 aliphatic heterocycles. The fraction of sp³-hybridized carbons (Fsp3) is 0.160. The molecular formula is C25H21F3N6O. The van der Waals surface area contributed by atoms with Crippen molar-refractivity contribution in [3.63, 3.8) is 0 Å². The van der Waals surface area contributed by atoms with Gasteiger partial charge in [-0.2, -0.15) is 13.2 Å². The number of fused-ring (bicyclic) bond motifs is 2. The first-order valence-corrected chi connectivity index (χ1v) is 10.8. The molecule has 0 atom stereocenters. The second kappa shape index (κ2) is 8.55. The van der Waals surface area contributed by atoms with Crippen molar-refractivity contribution in [3.05, 3.63) is 83.8 Å². The Labute approximate surface area is 198 Å². The summed E-state index contributed by atoms with van der Waals surface area (Å²) >= 11 is 0. The van der Waals surface area contributed by atoms with E-state index >= 15 is 0 Å². The molecular weight excluding hydrogens is 457 g/mol. The van der Waals surface area contributed by atoms with Gasteiger partial charge >= 0.3 is 6.18 Å². The summed E-state index contributed by atoms with van der Waals surface area (Å²) in [4.78, 5) is 26.7. The van der Waals surface area contributed by atoms with Crippen LogP contribution < -0.4 is 5.32 Å². The number of rotatable bonds is 5. The van der Waals surface area contributed by atoms with E-state index in [4.69, 9.17) is 0 Å². The lowest BCUT2D eigenvalue weighted by Gasteiger charge is -2.11. The minimum atomic E-state index is -4.42. The molecule has 1 amide bonds. The molecule has 0 unspecified atom stereocenters. The smallest absolute Gasteiger partial charge is 0.324 e. The molecule has 5 rings (SSSR count). The number of hydrogen-bond donors (Lipinski definition) is 2. The van der Waals surface area contributed by atoms with E-state index in [9.17, 15) is 18.0 Å². The number of imidazole rings is 2. The highest BCUT2D eigenvalue weighted by Gasteiger charge is 2.30. The van der Waals surface area contributed by atoms with Gasteiger partial charge in [-0.15, -0.1) is 0 Å². The number of halogens is 3. The average Bonchev–Trinajstić information content (AvgIpc) is 3.42. The summed E-state index contributed by atoms with van der Waals surface area (Å²) < 4.78 is 41.1. The monoisotopic (exact) mass is 478 g/mol. The third kappa shape index (κ3) is 4.60. The Hall–Kier alpha value is -4.18. The molecule has 0 radical (unpaired) electrons. The lowest BCUT2D eigenvalue weighted by molar-refractivity contribution is -0.137. The molecule has 0 aliphatic carbocycles. The number of carbonyl (C=O) groups is 1. The lowest BCUT2D eigenvalue weighted by atomic mass is 10.0. The second-order valence-corrected chi connectivity index (χ2v) is 8.46. The number of hydrogen-bond acceptors (Lipinski definition) is 4. The number of H-pyrrole nitrogens is 1. The molecule has 0 spiro atoms. The van der Waals surface area contributed by atoms with Crippen molar-refractivity contribution in [3.8, 4) is 11.1 Å². The predicted molar refractivity (Wildman–Crippen MR) is 127 cm³/mol. The molecule has 5 aromatic rings. The van der Waals surface area contributed by atoms with E-state index in [1.54, 1.807) is 30.5 Å².